The van der Waals surface area contributed by atoms with Gasteiger partial charge in [0.1, 0.15) is 125 Å². The van der Waals surface area contributed by atoms with E-state index >= 15 is 0 Å². The molecule has 0 bridgehead atoms. The summed E-state index contributed by atoms with van der Waals surface area (Å²) in [7, 11) is 0. The summed E-state index contributed by atoms with van der Waals surface area (Å²) in [5.41, 5.74) is 1.86. The van der Waals surface area contributed by atoms with Gasteiger partial charge in [-0.2, -0.15) is 22.8 Å². The van der Waals surface area contributed by atoms with E-state index in [0.717, 1.165) is 139 Å². The monoisotopic (exact) mass is 1840 g/mol. The van der Waals surface area contributed by atoms with E-state index in [4.69, 9.17) is 64.2 Å². The molecule has 696 valence electrons. The zero-order valence-corrected chi connectivity index (χ0v) is 71.5. The number of hydrogen-bond acceptors (Lipinski definition) is 21. The summed E-state index contributed by atoms with van der Waals surface area (Å²) in [6, 6.07) is 52.7. The van der Waals surface area contributed by atoms with Crippen LogP contribution in [-0.2, 0) is 6.18 Å². The molecule has 10 heterocycles. The first kappa shape index (κ1) is 99.2. The van der Waals surface area contributed by atoms with Crippen molar-refractivity contribution >= 4 is 11.6 Å². The third-order valence-corrected chi connectivity index (χ3v) is 20.3. The Kier molecular flexibility index (Phi) is 38.7. The first-order valence-electron chi connectivity index (χ1n) is 41.9. The largest absolute Gasteiger partial charge is 0.488 e. The number of halogens is 15. The van der Waals surface area contributed by atoms with Crippen LogP contribution >= 0.6 is 11.6 Å². The fourth-order valence-corrected chi connectivity index (χ4v) is 11.6. The quantitative estimate of drug-likeness (QED) is 0.0319. The Morgan fingerprint density at radius 2 is 0.638 bits per heavy atom. The molecule has 0 spiro atoms. The molecule has 0 aliphatic carbocycles. The van der Waals surface area contributed by atoms with Gasteiger partial charge >= 0.3 is 6.18 Å². The fraction of sp³-hybridized carbons (Fsp3) is 0.351. The van der Waals surface area contributed by atoms with Crippen LogP contribution in [-0.4, -0.2) is 192 Å². The van der Waals surface area contributed by atoms with Gasteiger partial charge in [0.05, 0.1) is 22.2 Å². The van der Waals surface area contributed by atoms with Gasteiger partial charge in [0.15, 0.2) is 52.2 Å². The van der Waals surface area contributed by atoms with Crippen LogP contribution in [0.25, 0.3) is 0 Å². The van der Waals surface area contributed by atoms with Crippen molar-refractivity contribution in [3.05, 3.63) is 298 Å². The minimum Gasteiger partial charge on any atom is -0.488 e. The molecule has 0 aromatic heterocycles. The van der Waals surface area contributed by atoms with E-state index in [1.165, 1.54) is 103 Å². The molecule has 10 N–H and O–H groups in total. The van der Waals surface area contributed by atoms with Crippen molar-refractivity contribution in [3.8, 4) is 63.6 Å². The maximum atomic E-state index is 13.0. The summed E-state index contributed by atoms with van der Waals surface area (Å²) >= 11 is 5.59. The molecular weight excluding hydrogens is 1740 g/mol. The van der Waals surface area contributed by atoms with Crippen LogP contribution in [0.4, 0.5) is 61.5 Å². The smallest absolute Gasteiger partial charge is 0.419 e. The highest BCUT2D eigenvalue weighted by Gasteiger charge is 2.36. The summed E-state index contributed by atoms with van der Waals surface area (Å²) in [4.78, 5) is 0. The van der Waals surface area contributed by atoms with Gasteiger partial charge in [0.2, 0.25) is 5.82 Å². The van der Waals surface area contributed by atoms with Crippen LogP contribution in [0.3, 0.4) is 0 Å². The van der Waals surface area contributed by atoms with Crippen LogP contribution in [0.5, 0.6) is 57.5 Å². The minimum absolute atomic E-state index is 0.00787. The second-order valence-corrected chi connectivity index (χ2v) is 31.0. The summed E-state index contributed by atoms with van der Waals surface area (Å²) in [6.45, 7) is 19.6. The molecule has 10 aromatic carbocycles. The van der Waals surface area contributed by atoms with Crippen LogP contribution in [0.15, 0.2) is 206 Å². The number of benzene rings is 10. The molecule has 21 nitrogen and oxygen atoms in total. The summed E-state index contributed by atoms with van der Waals surface area (Å²) in [5.74, 6) is -2.93. The molecule has 0 atom stereocenters. The average molecular weight is 1850 g/mol. The van der Waals surface area contributed by atoms with Crippen LogP contribution in [0, 0.1) is 89.2 Å². The molecule has 0 saturated carbocycles. The van der Waals surface area contributed by atoms with Gasteiger partial charge in [-0.25, -0.2) is 43.9 Å². The molecule has 10 aromatic rings. The van der Waals surface area contributed by atoms with Gasteiger partial charge in [-0.15, -0.1) is 0 Å². The van der Waals surface area contributed by atoms with Crippen LogP contribution < -0.4 is 101 Å². The lowest BCUT2D eigenvalue weighted by Crippen LogP contribution is -2.50. The van der Waals surface area contributed by atoms with Gasteiger partial charge in [-0.3, -0.25) is 0 Å². The van der Waals surface area contributed by atoms with Crippen molar-refractivity contribution in [3.63, 3.8) is 0 Å². The van der Waals surface area contributed by atoms with Gasteiger partial charge in [0.25, 0.3) is 0 Å². The number of alkyl halides is 3. The van der Waals surface area contributed by atoms with Crippen molar-refractivity contribution in [2.75, 3.05) is 131 Å². The Morgan fingerprint density at radius 3 is 1.06 bits per heavy atom. The van der Waals surface area contributed by atoms with Crippen molar-refractivity contribution in [2.45, 2.75) is 81.1 Å². The van der Waals surface area contributed by atoms with Crippen molar-refractivity contribution < 1.29 is 109 Å². The standard InChI is InChI=1S/C10H10F3NO.C10H12FNO.C10H10N2O.C10H13NO.C9H9ClFNO.4C9H9F2NO.C9H10FNO/c11-10(12,13)8-3-1-2-4-9(8)15-7-5-14-6-7;1-7-4-8(2-3-10(7)11)13-9-5-12-6-9;11-5-8-1-3-9(4-2-8)13-10-6-12-7-10;1-8-2-4-9(5-3-8)12-10-6-11-7-10;10-8-3-6(1-2-9(8)11)13-7-4-12-5-7;10-6-1-2-9(8(11)3-6)13-7-4-12-5-7;10-8-2-1-6(3-9(8)11)13-7-4-12-5-7;10-7-2-1-3-8(9(7)11)13-6-4-12-5-6;10-7-2-1-3-8(11)9(7)13-6-4-12-5-6;10-7-2-1-3-8(4-7)12-9-5-11-6-9/h1-4,7,14H,5-6H2;2-4,9,12H,5-6H2,1H3;1-4,10,12H,6-7H2;2-5,10-11H,6-7H2,1H3;3*1-3,7,12H,4-5H2;2*1-3,6,12H,4-5H2;1-4,9,11H,5-6H2. The van der Waals surface area contributed by atoms with E-state index in [1.807, 2.05) is 24.3 Å². The lowest BCUT2D eigenvalue weighted by atomic mass is 10.1. The number of nitrogens with one attached hydrogen (secondary N) is 10. The highest BCUT2D eigenvalue weighted by molar-refractivity contribution is 6.30. The second-order valence-electron chi connectivity index (χ2n) is 30.6. The second kappa shape index (κ2) is 50.7. The topological polar surface area (TPSA) is 236 Å². The van der Waals surface area contributed by atoms with Gasteiger partial charge in [-0.05, 0) is 159 Å². The highest BCUT2D eigenvalue weighted by atomic mass is 35.5. The molecule has 0 amide bonds. The Bertz CT molecular complexity index is 5010. The molecular formula is C94H100ClF14N11O10. The molecule has 130 heavy (non-hydrogen) atoms. The number of ether oxygens (including phenoxy) is 10. The average Bonchev–Trinajstić information content (AvgIpc) is 0.818. The predicted molar refractivity (Wildman–Crippen MR) is 461 cm³/mol. The van der Waals surface area contributed by atoms with E-state index in [2.05, 4.69) is 78.3 Å². The number of nitrogens with zero attached hydrogens (tertiary/aromatic N) is 1. The maximum Gasteiger partial charge on any atom is 0.419 e. The van der Waals surface area contributed by atoms with Crippen molar-refractivity contribution in [2.24, 2.45) is 0 Å². The molecule has 36 heteroatoms. The molecule has 0 unspecified atom stereocenters. The SMILES string of the molecule is Cc1cc(OC2CNC2)ccc1F.Cc1ccc(OC2CNC2)cc1.FC(F)(F)c1ccccc1OC1CNC1.Fc1ccc(OC2CNC2)c(F)c1.Fc1ccc(OC2CNC2)cc1Cl.Fc1ccc(OC2CNC2)cc1F.Fc1cccc(F)c1OC1CNC1.Fc1cccc(OC2CNC2)c1.Fc1cccc(OC2CNC2)c1F.N#Cc1ccc(OC2CNC2)cc1. The van der Waals surface area contributed by atoms with E-state index in [1.54, 1.807) is 49.4 Å². The van der Waals surface area contributed by atoms with Gasteiger partial charge in [-0.1, -0.05) is 59.6 Å². The Balaban J connectivity index is 0.000000140. The third-order valence-electron chi connectivity index (χ3n) is 20.1. The summed E-state index contributed by atoms with van der Waals surface area (Å²) < 4.78 is 232. The van der Waals surface area contributed by atoms with Crippen molar-refractivity contribution in [1.29, 1.82) is 5.26 Å². The number of hydrogen-bond donors (Lipinski definition) is 10. The van der Waals surface area contributed by atoms with Crippen molar-refractivity contribution in [1.82, 2.24) is 53.2 Å². The molecule has 10 aliphatic rings. The highest BCUT2D eigenvalue weighted by Crippen LogP contribution is 2.37. The minimum atomic E-state index is -4.35. The zero-order chi connectivity index (χ0) is 92.3. The number of rotatable bonds is 20. The number of aryl methyl sites for hydroxylation is 2. The zero-order valence-electron chi connectivity index (χ0n) is 70.7. The van der Waals surface area contributed by atoms with Gasteiger partial charge < -0.3 is 101 Å². The van der Waals surface area contributed by atoms with E-state index in [9.17, 15) is 61.5 Å². The summed E-state index contributed by atoms with van der Waals surface area (Å²) in [6.07, 6.45) is -3.19. The molecule has 10 saturated heterocycles. The molecule has 10 aliphatic heterocycles. The normalized spacial score (nSPS) is 16.8. The lowest BCUT2D eigenvalue weighted by molar-refractivity contribution is -0.139. The van der Waals surface area contributed by atoms with E-state index < -0.39 is 64.1 Å². The Labute approximate surface area is 748 Å². The lowest BCUT2D eigenvalue weighted by Gasteiger charge is -2.28. The van der Waals surface area contributed by atoms with Gasteiger partial charge in [0, 0.05) is 155 Å². The van der Waals surface area contributed by atoms with E-state index in [-0.39, 0.29) is 88.5 Å². The van der Waals surface area contributed by atoms with Crippen LogP contribution in [0.2, 0.25) is 5.02 Å². The Hall–Kier alpha value is -11.4. The molecule has 10 fully saturated rings. The van der Waals surface area contributed by atoms with Crippen LogP contribution in [0.1, 0.15) is 22.3 Å². The first-order valence-corrected chi connectivity index (χ1v) is 42.3. The fourth-order valence-electron chi connectivity index (χ4n) is 11.4. The third kappa shape index (κ3) is 32.9. The molecule has 0 radical (unpaired) electrons. The Morgan fingerprint density at radius 1 is 0.285 bits per heavy atom. The number of para-hydroxylation sites is 2. The summed E-state index contributed by atoms with van der Waals surface area (Å²) in [5, 5.41) is 39.1. The first-order chi connectivity index (χ1) is 62.7. The van der Waals surface area contributed by atoms with E-state index in [0.29, 0.717) is 79.9 Å². The molecule has 20 rings (SSSR count). The maximum absolute atomic E-state index is 13.0. The predicted octanol–water partition coefficient (Wildman–Crippen LogP) is 14.1. The number of nitriles is 1.